The monoisotopic (exact) mass is 384 g/mol. The number of amides is 1. The number of nitrogens with two attached hydrogens (primary N) is 1. The fourth-order valence-electron chi connectivity index (χ4n) is 2.51. The Labute approximate surface area is 155 Å². The number of nitrogens with zero attached hydrogens (tertiary/aromatic N) is 2. The minimum Gasteiger partial charge on any atom is -0.398 e. The van der Waals surface area contributed by atoms with Crippen molar-refractivity contribution in [1.29, 1.82) is 0 Å². The van der Waals surface area contributed by atoms with E-state index in [0.717, 1.165) is 0 Å². The summed E-state index contributed by atoms with van der Waals surface area (Å²) in [6.45, 7) is 1.42. The van der Waals surface area contributed by atoms with Crippen molar-refractivity contribution in [3.8, 4) is 0 Å². The van der Waals surface area contributed by atoms with Crippen LogP contribution in [0.3, 0.4) is 0 Å². The maximum Gasteiger partial charge on any atom is 0.294 e. The minimum atomic E-state index is -4.33. The molecule has 0 radical (unpaired) electrons. The zero-order chi connectivity index (χ0) is 19.6. The number of nitrogen functional groups attached to an aromatic ring is 1. The summed E-state index contributed by atoms with van der Waals surface area (Å²) in [6, 6.07) is 14.1. The summed E-state index contributed by atoms with van der Waals surface area (Å²) in [5, 5.41) is 12.1. The molecule has 0 bridgehead atoms. The molecule has 0 aliphatic heterocycles. The molecular formula is C18H16N4O4S. The molecule has 1 amide bonds. The van der Waals surface area contributed by atoms with E-state index in [9.17, 15) is 17.8 Å². The number of nitrogens with one attached hydrogen (secondary N) is 1. The first-order valence-corrected chi connectivity index (χ1v) is 9.27. The van der Waals surface area contributed by atoms with Gasteiger partial charge < -0.3 is 11.1 Å². The van der Waals surface area contributed by atoms with E-state index >= 15 is 0 Å². The maximum atomic E-state index is 11.3. The lowest BCUT2D eigenvalue weighted by molar-refractivity contribution is -0.114. The van der Waals surface area contributed by atoms with Crippen LogP contribution in [0.2, 0.25) is 0 Å². The molecule has 3 rings (SSSR count). The number of hydrogen-bond acceptors (Lipinski definition) is 6. The lowest BCUT2D eigenvalue weighted by atomic mass is 10.1. The highest BCUT2D eigenvalue weighted by Crippen LogP contribution is 2.33. The van der Waals surface area contributed by atoms with E-state index in [2.05, 4.69) is 15.5 Å². The molecule has 0 aliphatic carbocycles. The molecule has 0 fully saturated rings. The third kappa shape index (κ3) is 4.27. The molecule has 9 heteroatoms. The molecule has 8 nitrogen and oxygen atoms in total. The van der Waals surface area contributed by atoms with Crippen molar-refractivity contribution >= 4 is 49.5 Å². The average molecular weight is 384 g/mol. The van der Waals surface area contributed by atoms with Gasteiger partial charge in [-0.05, 0) is 48.5 Å². The quantitative estimate of drug-likeness (QED) is 0.354. The summed E-state index contributed by atoms with van der Waals surface area (Å²) in [7, 11) is -4.33. The van der Waals surface area contributed by atoms with E-state index in [-0.39, 0.29) is 10.8 Å². The summed E-state index contributed by atoms with van der Waals surface area (Å²) in [6.07, 6.45) is 0. The average Bonchev–Trinajstić information content (AvgIpc) is 2.61. The van der Waals surface area contributed by atoms with Gasteiger partial charge in [0.25, 0.3) is 10.1 Å². The van der Waals surface area contributed by atoms with Crippen LogP contribution in [0.4, 0.5) is 22.7 Å². The van der Waals surface area contributed by atoms with Crippen LogP contribution in [0, 0.1) is 0 Å². The highest BCUT2D eigenvalue weighted by atomic mass is 32.2. The Kier molecular flexibility index (Phi) is 4.89. The van der Waals surface area contributed by atoms with Gasteiger partial charge in [0.2, 0.25) is 5.91 Å². The van der Waals surface area contributed by atoms with E-state index in [4.69, 9.17) is 5.73 Å². The van der Waals surface area contributed by atoms with Crippen molar-refractivity contribution < 1.29 is 17.8 Å². The van der Waals surface area contributed by atoms with Crippen molar-refractivity contribution in [2.45, 2.75) is 11.8 Å². The second-order valence-electron chi connectivity index (χ2n) is 5.78. The van der Waals surface area contributed by atoms with Crippen molar-refractivity contribution in [2.24, 2.45) is 10.2 Å². The van der Waals surface area contributed by atoms with E-state index in [1.165, 1.54) is 25.1 Å². The zero-order valence-electron chi connectivity index (χ0n) is 14.2. The molecule has 3 aromatic carbocycles. The Balaban J connectivity index is 1.96. The fourth-order valence-corrected chi connectivity index (χ4v) is 3.01. The van der Waals surface area contributed by atoms with Gasteiger partial charge in [0.15, 0.2) is 0 Å². The van der Waals surface area contributed by atoms with Crippen LogP contribution in [0.1, 0.15) is 6.92 Å². The zero-order valence-corrected chi connectivity index (χ0v) is 15.1. The van der Waals surface area contributed by atoms with Crippen LogP contribution in [0.15, 0.2) is 69.7 Å². The SMILES string of the molecule is CC(=O)Nc1ccc(N=Nc2ccc(N)c3cc(S(=O)(=O)O)ccc23)cc1. The predicted molar refractivity (Wildman–Crippen MR) is 103 cm³/mol. The van der Waals surface area contributed by atoms with Crippen LogP contribution in [-0.2, 0) is 14.9 Å². The van der Waals surface area contributed by atoms with Gasteiger partial charge >= 0.3 is 0 Å². The van der Waals surface area contributed by atoms with Gasteiger partial charge in [-0.3, -0.25) is 9.35 Å². The molecule has 0 heterocycles. The van der Waals surface area contributed by atoms with Crippen LogP contribution < -0.4 is 11.1 Å². The summed E-state index contributed by atoms with van der Waals surface area (Å²) in [4.78, 5) is 10.8. The first kappa shape index (κ1) is 18.5. The van der Waals surface area contributed by atoms with Crippen LogP contribution in [0.25, 0.3) is 10.8 Å². The molecule has 0 spiro atoms. The maximum absolute atomic E-state index is 11.3. The third-order valence-corrected chi connectivity index (χ3v) is 4.61. The predicted octanol–water partition coefficient (Wildman–Crippen LogP) is 4.04. The van der Waals surface area contributed by atoms with Crippen molar-refractivity contribution in [2.75, 3.05) is 11.1 Å². The topological polar surface area (TPSA) is 134 Å². The van der Waals surface area contributed by atoms with Crippen LogP contribution in [-0.4, -0.2) is 18.9 Å². The number of hydrogen-bond donors (Lipinski definition) is 3. The number of rotatable bonds is 4. The van der Waals surface area contributed by atoms with E-state index < -0.39 is 10.1 Å². The first-order valence-electron chi connectivity index (χ1n) is 7.83. The molecule has 0 saturated carbocycles. The number of carbonyl (C=O) groups excluding carboxylic acids is 1. The number of benzene rings is 3. The molecule has 0 aromatic heterocycles. The number of azo groups is 1. The smallest absolute Gasteiger partial charge is 0.294 e. The van der Waals surface area contributed by atoms with E-state index in [1.807, 2.05) is 0 Å². The molecule has 4 N–H and O–H groups in total. The number of fused-ring (bicyclic) bond motifs is 1. The molecular weight excluding hydrogens is 368 g/mol. The molecule has 3 aromatic rings. The first-order chi connectivity index (χ1) is 12.7. The van der Waals surface area contributed by atoms with Crippen molar-refractivity contribution in [1.82, 2.24) is 0 Å². The highest BCUT2D eigenvalue weighted by molar-refractivity contribution is 7.85. The normalized spacial score (nSPS) is 11.8. The highest BCUT2D eigenvalue weighted by Gasteiger charge is 2.12. The van der Waals surface area contributed by atoms with E-state index in [0.29, 0.717) is 33.5 Å². The Morgan fingerprint density at radius 3 is 2.33 bits per heavy atom. The molecule has 138 valence electrons. The standard InChI is InChI=1S/C18H16N4O4S/c1-11(23)20-12-2-4-13(5-3-12)21-22-18-9-8-17(19)16-10-14(27(24,25)26)6-7-15(16)18/h2-10H,19H2,1H3,(H,20,23)(H,24,25,26). The molecule has 27 heavy (non-hydrogen) atoms. The van der Waals surface area contributed by atoms with Gasteiger partial charge in [-0.2, -0.15) is 13.5 Å². The van der Waals surface area contributed by atoms with Gasteiger partial charge in [0.1, 0.15) is 0 Å². The second kappa shape index (κ2) is 7.14. The molecule has 0 saturated heterocycles. The summed E-state index contributed by atoms with van der Waals surface area (Å²) in [5.74, 6) is -0.165. The Bertz CT molecular complexity index is 1160. The van der Waals surface area contributed by atoms with Gasteiger partial charge in [0, 0.05) is 29.1 Å². The lowest BCUT2D eigenvalue weighted by Crippen LogP contribution is -2.04. The van der Waals surface area contributed by atoms with Crippen molar-refractivity contribution in [3.05, 3.63) is 54.6 Å². The van der Waals surface area contributed by atoms with Gasteiger partial charge in [0.05, 0.1) is 16.3 Å². The molecule has 0 aliphatic rings. The van der Waals surface area contributed by atoms with Crippen LogP contribution in [0.5, 0.6) is 0 Å². The fraction of sp³-hybridized carbons (Fsp3) is 0.0556. The lowest BCUT2D eigenvalue weighted by Gasteiger charge is -2.06. The van der Waals surface area contributed by atoms with Gasteiger partial charge in [-0.15, -0.1) is 5.11 Å². The Morgan fingerprint density at radius 1 is 1.00 bits per heavy atom. The number of carbonyl (C=O) groups is 1. The second-order valence-corrected chi connectivity index (χ2v) is 7.21. The summed E-state index contributed by atoms with van der Waals surface area (Å²) >= 11 is 0. The van der Waals surface area contributed by atoms with E-state index in [1.54, 1.807) is 36.4 Å². The third-order valence-electron chi connectivity index (χ3n) is 3.76. The molecule has 0 unspecified atom stereocenters. The summed E-state index contributed by atoms with van der Waals surface area (Å²) < 4.78 is 31.8. The van der Waals surface area contributed by atoms with Gasteiger partial charge in [-0.1, -0.05) is 6.07 Å². The largest absolute Gasteiger partial charge is 0.398 e. The Morgan fingerprint density at radius 2 is 1.70 bits per heavy atom. The Hall–Kier alpha value is -3.30. The number of anilines is 2. The van der Waals surface area contributed by atoms with Crippen LogP contribution >= 0.6 is 0 Å². The van der Waals surface area contributed by atoms with Crippen molar-refractivity contribution in [3.63, 3.8) is 0 Å². The summed E-state index contributed by atoms with van der Waals surface area (Å²) in [5.41, 5.74) is 7.99. The molecule has 0 atom stereocenters. The minimum absolute atomic E-state index is 0.165. The van der Waals surface area contributed by atoms with Gasteiger partial charge in [-0.25, -0.2) is 0 Å².